The maximum atomic E-state index is 8.51. The summed E-state index contributed by atoms with van der Waals surface area (Å²) < 4.78 is 6.61. The molecule has 0 amide bonds. The van der Waals surface area contributed by atoms with Crippen LogP contribution in [0.5, 0.6) is 5.75 Å². The zero-order chi connectivity index (χ0) is 10.7. The minimum atomic E-state index is 0.242. The number of anilines is 1. The van der Waals surface area contributed by atoms with E-state index in [0.717, 1.165) is 22.3 Å². The average molecular weight is 267 g/mol. The summed E-state index contributed by atoms with van der Waals surface area (Å²) in [6.07, 6.45) is 1.38. The highest BCUT2D eigenvalue weighted by molar-refractivity contribution is 9.10. The molecule has 0 saturated carbocycles. The molecular weight excluding hydrogens is 256 g/mol. The van der Waals surface area contributed by atoms with E-state index >= 15 is 0 Å². The van der Waals surface area contributed by atoms with Crippen LogP contribution < -0.4 is 10.1 Å². The van der Waals surface area contributed by atoms with Crippen LogP contribution in [0.25, 0.3) is 0 Å². The van der Waals surface area contributed by atoms with Crippen molar-refractivity contribution in [3.63, 3.8) is 0 Å². The average Bonchev–Trinajstić information content (AvgIpc) is 2.26. The highest BCUT2D eigenvalue weighted by Gasteiger charge is 2.19. The predicted molar refractivity (Wildman–Crippen MR) is 61.9 cm³/mol. The Kier molecular flexibility index (Phi) is 3.12. The van der Waals surface area contributed by atoms with Crippen LogP contribution in [0.2, 0.25) is 0 Å². The van der Waals surface area contributed by atoms with Crippen LogP contribution in [0.3, 0.4) is 0 Å². The van der Waals surface area contributed by atoms with E-state index in [0.29, 0.717) is 13.0 Å². The van der Waals surface area contributed by atoms with Crippen molar-refractivity contribution in [3.05, 3.63) is 22.7 Å². The van der Waals surface area contributed by atoms with Crippen LogP contribution >= 0.6 is 15.9 Å². The molecule has 0 aromatic heterocycles. The molecule has 1 aliphatic heterocycles. The number of hydrogen-bond donors (Lipinski definition) is 1. The first-order valence-electron chi connectivity index (χ1n) is 4.86. The second kappa shape index (κ2) is 4.54. The minimum Gasteiger partial charge on any atom is -0.488 e. The highest BCUT2D eigenvalue weighted by atomic mass is 79.9. The summed E-state index contributed by atoms with van der Waals surface area (Å²) in [6.45, 7) is 0.622. The Bertz CT molecular complexity index is 400. The molecule has 0 saturated heterocycles. The van der Waals surface area contributed by atoms with Crippen molar-refractivity contribution in [3.8, 4) is 11.8 Å². The summed E-state index contributed by atoms with van der Waals surface area (Å²) in [6, 6.07) is 8.29. The monoisotopic (exact) mass is 266 g/mol. The zero-order valence-electron chi connectivity index (χ0n) is 8.16. The molecule has 0 fully saturated rings. The highest BCUT2D eigenvalue weighted by Crippen LogP contribution is 2.36. The minimum absolute atomic E-state index is 0.242. The number of nitrogens with zero attached hydrogens (tertiary/aromatic N) is 1. The van der Waals surface area contributed by atoms with Crippen molar-refractivity contribution in [2.75, 3.05) is 11.9 Å². The predicted octanol–water partition coefficient (Wildman–Crippen LogP) is 2.93. The van der Waals surface area contributed by atoms with Crippen LogP contribution in [-0.4, -0.2) is 12.6 Å². The van der Waals surface area contributed by atoms with Gasteiger partial charge in [-0.25, -0.2) is 0 Å². The van der Waals surface area contributed by atoms with Gasteiger partial charge in [0, 0.05) is 6.42 Å². The number of ether oxygens (including phenoxy) is 1. The first-order valence-corrected chi connectivity index (χ1v) is 5.65. The number of halogens is 1. The summed E-state index contributed by atoms with van der Waals surface area (Å²) in [7, 11) is 0. The summed E-state index contributed by atoms with van der Waals surface area (Å²) in [5.41, 5.74) is 0.999. The Morgan fingerprint density at radius 2 is 2.47 bits per heavy atom. The van der Waals surface area contributed by atoms with Gasteiger partial charge < -0.3 is 10.1 Å². The third-order valence-corrected chi connectivity index (χ3v) is 2.98. The first-order chi connectivity index (χ1) is 7.31. The largest absolute Gasteiger partial charge is 0.488 e. The SMILES string of the molecule is N#CCCC1COc2c(Br)cccc2N1. The molecule has 15 heavy (non-hydrogen) atoms. The lowest BCUT2D eigenvalue weighted by Gasteiger charge is -2.27. The summed E-state index contributed by atoms with van der Waals surface area (Å²) in [4.78, 5) is 0. The normalized spacial score (nSPS) is 18.3. The summed E-state index contributed by atoms with van der Waals surface area (Å²) in [5.74, 6) is 0.866. The van der Waals surface area contributed by atoms with Crippen LogP contribution in [-0.2, 0) is 0 Å². The molecule has 1 unspecified atom stereocenters. The zero-order valence-corrected chi connectivity index (χ0v) is 9.75. The van der Waals surface area contributed by atoms with Crippen molar-refractivity contribution in [2.24, 2.45) is 0 Å². The van der Waals surface area contributed by atoms with Crippen molar-refractivity contribution >= 4 is 21.6 Å². The number of benzene rings is 1. The third kappa shape index (κ3) is 2.24. The van der Waals surface area contributed by atoms with Gasteiger partial charge >= 0.3 is 0 Å². The number of para-hydroxylation sites is 1. The molecule has 4 heteroatoms. The van der Waals surface area contributed by atoms with E-state index in [2.05, 4.69) is 27.3 Å². The lowest BCUT2D eigenvalue weighted by Crippen LogP contribution is -2.31. The van der Waals surface area contributed by atoms with Gasteiger partial charge in [-0.1, -0.05) is 6.07 Å². The molecule has 1 aromatic carbocycles. The molecule has 2 rings (SSSR count). The van der Waals surface area contributed by atoms with Crippen LogP contribution in [0.15, 0.2) is 22.7 Å². The molecule has 1 atom stereocenters. The quantitative estimate of drug-likeness (QED) is 0.896. The van der Waals surface area contributed by atoms with Crippen LogP contribution in [0.4, 0.5) is 5.69 Å². The standard InChI is InChI=1S/C11H11BrN2O/c12-9-4-1-5-10-11(9)15-7-8(14-10)3-2-6-13/h1,4-5,8,14H,2-3,7H2. The van der Waals surface area contributed by atoms with E-state index in [1.165, 1.54) is 0 Å². The molecule has 0 spiro atoms. The Balaban J connectivity index is 2.11. The van der Waals surface area contributed by atoms with E-state index in [4.69, 9.17) is 10.00 Å². The van der Waals surface area contributed by atoms with Crippen LogP contribution in [0, 0.1) is 11.3 Å². The number of rotatable bonds is 2. The fourth-order valence-corrected chi connectivity index (χ4v) is 2.09. The van der Waals surface area contributed by atoms with Gasteiger partial charge in [-0.05, 0) is 34.5 Å². The fourth-order valence-electron chi connectivity index (χ4n) is 1.61. The summed E-state index contributed by atoms with van der Waals surface area (Å²) in [5, 5.41) is 11.9. The van der Waals surface area contributed by atoms with Crippen molar-refractivity contribution in [2.45, 2.75) is 18.9 Å². The molecule has 1 aromatic rings. The summed E-state index contributed by atoms with van der Waals surface area (Å²) >= 11 is 3.44. The van der Waals surface area contributed by atoms with E-state index in [1.807, 2.05) is 18.2 Å². The Labute approximate surface area is 97.2 Å². The van der Waals surface area contributed by atoms with Gasteiger partial charge in [0.25, 0.3) is 0 Å². The van der Waals surface area contributed by atoms with Crippen LogP contribution in [0.1, 0.15) is 12.8 Å². The topological polar surface area (TPSA) is 45.0 Å². The lowest BCUT2D eigenvalue weighted by molar-refractivity contribution is 0.277. The third-order valence-electron chi connectivity index (χ3n) is 2.36. The van der Waals surface area contributed by atoms with Gasteiger partial charge in [0.1, 0.15) is 6.61 Å². The van der Waals surface area contributed by atoms with Gasteiger partial charge in [0.05, 0.1) is 22.3 Å². The second-order valence-corrected chi connectivity index (χ2v) is 4.32. The number of fused-ring (bicyclic) bond motifs is 1. The number of hydrogen-bond acceptors (Lipinski definition) is 3. The van der Waals surface area contributed by atoms with E-state index in [9.17, 15) is 0 Å². The molecule has 0 bridgehead atoms. The molecule has 1 N–H and O–H groups in total. The maximum absolute atomic E-state index is 8.51. The fraction of sp³-hybridized carbons (Fsp3) is 0.364. The molecular formula is C11H11BrN2O. The molecule has 0 aliphatic carbocycles. The Hall–Kier alpha value is -1.21. The van der Waals surface area contributed by atoms with Gasteiger partial charge in [-0.3, -0.25) is 0 Å². The van der Waals surface area contributed by atoms with E-state index < -0.39 is 0 Å². The van der Waals surface area contributed by atoms with Gasteiger partial charge in [0.15, 0.2) is 5.75 Å². The van der Waals surface area contributed by atoms with E-state index in [1.54, 1.807) is 0 Å². The molecule has 1 aliphatic rings. The number of nitriles is 1. The number of nitrogens with one attached hydrogen (secondary N) is 1. The molecule has 3 nitrogen and oxygen atoms in total. The van der Waals surface area contributed by atoms with Gasteiger partial charge in [-0.2, -0.15) is 5.26 Å². The Morgan fingerprint density at radius 3 is 3.27 bits per heavy atom. The second-order valence-electron chi connectivity index (χ2n) is 3.47. The first kappa shape index (κ1) is 10.3. The molecule has 1 heterocycles. The van der Waals surface area contributed by atoms with Crippen molar-refractivity contribution in [1.82, 2.24) is 0 Å². The van der Waals surface area contributed by atoms with Crippen molar-refractivity contribution < 1.29 is 4.74 Å². The molecule has 78 valence electrons. The van der Waals surface area contributed by atoms with E-state index in [-0.39, 0.29) is 6.04 Å². The van der Waals surface area contributed by atoms with Gasteiger partial charge in [-0.15, -0.1) is 0 Å². The van der Waals surface area contributed by atoms with Crippen molar-refractivity contribution in [1.29, 1.82) is 5.26 Å². The van der Waals surface area contributed by atoms with Gasteiger partial charge in [0.2, 0.25) is 0 Å². The molecule has 0 radical (unpaired) electrons. The maximum Gasteiger partial charge on any atom is 0.156 e. The Morgan fingerprint density at radius 1 is 1.60 bits per heavy atom. The smallest absolute Gasteiger partial charge is 0.156 e. The lowest BCUT2D eigenvalue weighted by atomic mass is 10.1.